The third-order valence-electron chi connectivity index (χ3n) is 2.90. The second-order valence-corrected chi connectivity index (χ2v) is 4.30. The number of benzene rings is 1. The first-order valence-corrected chi connectivity index (χ1v) is 6.37. The van der Waals surface area contributed by atoms with Gasteiger partial charge in [0.25, 0.3) is 0 Å². The first kappa shape index (κ1) is 12.4. The number of para-hydroxylation sites is 1. The zero-order valence-electron chi connectivity index (χ0n) is 10.8. The van der Waals surface area contributed by atoms with Gasteiger partial charge in [-0.1, -0.05) is 30.3 Å². The van der Waals surface area contributed by atoms with Crippen LogP contribution in [0.3, 0.4) is 0 Å². The van der Waals surface area contributed by atoms with E-state index in [0.29, 0.717) is 5.75 Å². The smallest absolute Gasteiger partial charge is 0.152 e. The zero-order chi connectivity index (χ0) is 13.6. The summed E-state index contributed by atoms with van der Waals surface area (Å²) < 4.78 is 6.05. The third kappa shape index (κ3) is 2.83. The first-order valence-electron chi connectivity index (χ1n) is 6.37. The van der Waals surface area contributed by atoms with Crippen molar-refractivity contribution in [3.05, 3.63) is 90.5 Å². The van der Waals surface area contributed by atoms with Gasteiger partial charge in [0.05, 0.1) is 0 Å². The first-order chi connectivity index (χ1) is 9.93. The number of rotatable bonds is 4. The van der Waals surface area contributed by atoms with Crippen molar-refractivity contribution >= 4 is 0 Å². The van der Waals surface area contributed by atoms with Crippen LogP contribution in [0.15, 0.2) is 73.3 Å². The van der Waals surface area contributed by atoms with Crippen LogP contribution in [0.1, 0.15) is 17.2 Å². The summed E-state index contributed by atoms with van der Waals surface area (Å²) in [6, 6.07) is 18.4. The van der Waals surface area contributed by atoms with E-state index in [9.17, 15) is 0 Å². The predicted molar refractivity (Wildman–Crippen MR) is 76.2 cm³/mol. The van der Waals surface area contributed by atoms with Gasteiger partial charge >= 0.3 is 0 Å². The highest BCUT2D eigenvalue weighted by Crippen LogP contribution is 2.26. The number of hydrogen-bond acceptors (Lipinski definition) is 3. The lowest BCUT2D eigenvalue weighted by Crippen LogP contribution is -2.10. The lowest BCUT2D eigenvalue weighted by Gasteiger charge is -2.19. The van der Waals surface area contributed by atoms with E-state index in [1.165, 1.54) is 0 Å². The molecular formula is C17H13N2O. The number of pyridine rings is 2. The Morgan fingerprint density at radius 3 is 2.05 bits per heavy atom. The molecule has 0 N–H and O–H groups in total. The van der Waals surface area contributed by atoms with Crippen LogP contribution in [0.5, 0.6) is 5.75 Å². The van der Waals surface area contributed by atoms with E-state index >= 15 is 0 Å². The molecule has 3 heteroatoms. The average molecular weight is 261 g/mol. The summed E-state index contributed by atoms with van der Waals surface area (Å²) in [5.74, 6) is 0.699. The topological polar surface area (TPSA) is 35.0 Å². The molecule has 1 radical (unpaired) electrons. The predicted octanol–water partition coefficient (Wildman–Crippen LogP) is 3.45. The van der Waals surface area contributed by atoms with E-state index in [1.807, 2.05) is 48.5 Å². The number of aromatic nitrogens is 2. The summed E-state index contributed by atoms with van der Waals surface area (Å²) >= 11 is 0. The molecule has 0 unspecified atom stereocenters. The molecule has 2 aromatic heterocycles. The van der Waals surface area contributed by atoms with Gasteiger partial charge in [-0.3, -0.25) is 9.97 Å². The minimum absolute atomic E-state index is 0.240. The van der Waals surface area contributed by atoms with Crippen LogP contribution in [0.2, 0.25) is 0 Å². The van der Waals surface area contributed by atoms with Crippen LogP contribution in [0.4, 0.5) is 0 Å². The summed E-state index contributed by atoms with van der Waals surface area (Å²) in [7, 11) is 0. The third-order valence-corrected chi connectivity index (χ3v) is 2.90. The highest BCUT2D eigenvalue weighted by molar-refractivity contribution is 5.29. The lowest BCUT2D eigenvalue weighted by atomic mass is 10.0. The largest absolute Gasteiger partial charge is 0.480 e. The van der Waals surface area contributed by atoms with Crippen molar-refractivity contribution in [2.75, 3.05) is 0 Å². The summed E-state index contributed by atoms with van der Waals surface area (Å²) in [5.41, 5.74) is 1.97. The van der Waals surface area contributed by atoms with E-state index in [4.69, 9.17) is 4.74 Å². The second kappa shape index (κ2) is 5.97. The molecule has 97 valence electrons. The van der Waals surface area contributed by atoms with Crippen LogP contribution >= 0.6 is 0 Å². The molecule has 3 rings (SSSR count). The van der Waals surface area contributed by atoms with Crippen LogP contribution in [0.25, 0.3) is 0 Å². The highest BCUT2D eigenvalue weighted by Gasteiger charge is 2.16. The van der Waals surface area contributed by atoms with Crippen molar-refractivity contribution in [2.24, 2.45) is 0 Å². The fourth-order valence-electron chi connectivity index (χ4n) is 1.97. The second-order valence-electron chi connectivity index (χ2n) is 4.30. The Kier molecular flexibility index (Phi) is 3.69. The van der Waals surface area contributed by atoms with Gasteiger partial charge in [0.15, 0.2) is 6.10 Å². The summed E-state index contributed by atoms with van der Waals surface area (Å²) in [4.78, 5) is 8.32. The Hall–Kier alpha value is -2.68. The van der Waals surface area contributed by atoms with Crippen molar-refractivity contribution in [1.29, 1.82) is 0 Å². The molecule has 0 saturated heterocycles. The molecule has 0 aliphatic rings. The van der Waals surface area contributed by atoms with Crippen LogP contribution in [0, 0.1) is 6.07 Å². The van der Waals surface area contributed by atoms with Crippen LogP contribution in [-0.4, -0.2) is 9.97 Å². The molecule has 0 aliphatic heterocycles. The molecular weight excluding hydrogens is 248 g/mol. The van der Waals surface area contributed by atoms with E-state index < -0.39 is 0 Å². The molecule has 3 aromatic rings. The van der Waals surface area contributed by atoms with Gasteiger partial charge in [0.2, 0.25) is 0 Å². The van der Waals surface area contributed by atoms with Gasteiger partial charge < -0.3 is 4.74 Å². The monoisotopic (exact) mass is 261 g/mol. The minimum Gasteiger partial charge on any atom is -0.480 e. The molecule has 20 heavy (non-hydrogen) atoms. The Labute approximate surface area is 117 Å². The lowest BCUT2D eigenvalue weighted by molar-refractivity contribution is 0.246. The Bertz CT molecular complexity index is 602. The Balaban J connectivity index is 1.96. The van der Waals surface area contributed by atoms with Crippen LogP contribution < -0.4 is 4.74 Å². The quantitative estimate of drug-likeness (QED) is 0.721. The van der Waals surface area contributed by atoms with E-state index in [1.54, 1.807) is 24.8 Å². The van der Waals surface area contributed by atoms with Gasteiger partial charge in [0, 0.05) is 42.0 Å². The SMILES string of the molecule is [c]1ccccc1OC(c1cccnc1)c1cccnc1. The standard InChI is InChI=1S/C17H13N2O/c1-2-8-16(9-3-1)20-17(14-6-4-10-18-12-14)15-7-5-11-19-13-15/h1-8,10-13,17H. The molecule has 0 spiro atoms. The zero-order valence-corrected chi connectivity index (χ0v) is 10.8. The number of hydrogen-bond donors (Lipinski definition) is 0. The molecule has 0 amide bonds. The molecule has 0 saturated carbocycles. The fraction of sp³-hybridized carbons (Fsp3) is 0.0588. The molecule has 2 heterocycles. The van der Waals surface area contributed by atoms with E-state index in [2.05, 4.69) is 16.0 Å². The van der Waals surface area contributed by atoms with E-state index in [-0.39, 0.29) is 6.10 Å². The molecule has 0 aliphatic carbocycles. The van der Waals surface area contributed by atoms with Crippen LogP contribution in [-0.2, 0) is 0 Å². The number of ether oxygens (including phenoxy) is 1. The van der Waals surface area contributed by atoms with E-state index in [0.717, 1.165) is 11.1 Å². The van der Waals surface area contributed by atoms with Crippen molar-refractivity contribution in [3.63, 3.8) is 0 Å². The van der Waals surface area contributed by atoms with Crippen molar-refractivity contribution in [2.45, 2.75) is 6.10 Å². The minimum atomic E-state index is -0.240. The summed E-state index contributed by atoms with van der Waals surface area (Å²) in [6.07, 6.45) is 6.87. The maximum absolute atomic E-state index is 6.05. The maximum atomic E-state index is 6.05. The van der Waals surface area contributed by atoms with Gasteiger partial charge in [-0.05, 0) is 18.2 Å². The Morgan fingerprint density at radius 1 is 0.850 bits per heavy atom. The van der Waals surface area contributed by atoms with Crippen molar-refractivity contribution in [1.82, 2.24) is 9.97 Å². The molecule has 0 bridgehead atoms. The van der Waals surface area contributed by atoms with Gasteiger partial charge in [-0.2, -0.15) is 0 Å². The van der Waals surface area contributed by atoms with Gasteiger partial charge in [-0.15, -0.1) is 0 Å². The van der Waals surface area contributed by atoms with Gasteiger partial charge in [-0.25, -0.2) is 0 Å². The fourth-order valence-corrected chi connectivity index (χ4v) is 1.97. The number of nitrogens with zero attached hydrogens (tertiary/aromatic N) is 2. The average Bonchev–Trinajstić information content (AvgIpc) is 2.55. The summed E-state index contributed by atoms with van der Waals surface area (Å²) in [6.45, 7) is 0. The van der Waals surface area contributed by atoms with Gasteiger partial charge in [0.1, 0.15) is 5.75 Å². The van der Waals surface area contributed by atoms with Crippen molar-refractivity contribution in [3.8, 4) is 5.75 Å². The molecule has 1 aromatic carbocycles. The maximum Gasteiger partial charge on any atom is 0.152 e. The molecule has 0 fully saturated rings. The normalized spacial score (nSPS) is 10.4. The molecule has 3 nitrogen and oxygen atoms in total. The highest BCUT2D eigenvalue weighted by atomic mass is 16.5. The summed E-state index contributed by atoms with van der Waals surface area (Å²) in [5, 5.41) is 0. The van der Waals surface area contributed by atoms with Crippen molar-refractivity contribution < 1.29 is 4.74 Å². The Morgan fingerprint density at radius 2 is 1.55 bits per heavy atom. The molecule has 0 atom stereocenters.